The minimum absolute atomic E-state index is 0.255. The first-order chi connectivity index (χ1) is 12.1. The second-order valence-corrected chi connectivity index (χ2v) is 6.94. The average Bonchev–Trinajstić information content (AvgIpc) is 3.00. The van der Waals surface area contributed by atoms with Gasteiger partial charge in [0.2, 0.25) is 0 Å². The van der Waals surface area contributed by atoms with Crippen molar-refractivity contribution < 1.29 is 9.13 Å². The number of hydrogen-bond acceptors (Lipinski definition) is 4. The van der Waals surface area contributed by atoms with Crippen molar-refractivity contribution in [2.24, 2.45) is 0 Å². The largest absolute Gasteiger partial charge is 0.377 e. The number of hydrogen-bond donors (Lipinski definition) is 0. The van der Waals surface area contributed by atoms with Gasteiger partial charge in [-0.15, -0.1) is 10.2 Å². The maximum Gasteiger partial charge on any atom is 0.196 e. The molecule has 0 aliphatic carbocycles. The molecule has 0 aliphatic heterocycles. The summed E-state index contributed by atoms with van der Waals surface area (Å²) in [7, 11) is 1.60. The van der Waals surface area contributed by atoms with Crippen molar-refractivity contribution in [2.45, 2.75) is 17.5 Å². The third kappa shape index (κ3) is 4.33. The van der Waals surface area contributed by atoms with Crippen molar-refractivity contribution in [3.63, 3.8) is 0 Å². The molecule has 1 aromatic heterocycles. The molecule has 3 rings (SSSR count). The molecule has 8 heteroatoms. The Kier molecular flexibility index (Phi) is 5.96. The molecule has 0 bridgehead atoms. The van der Waals surface area contributed by atoms with Gasteiger partial charge in [-0.1, -0.05) is 47.1 Å². The van der Waals surface area contributed by atoms with E-state index in [0.717, 1.165) is 11.3 Å². The number of halogens is 3. The van der Waals surface area contributed by atoms with Crippen molar-refractivity contribution in [1.29, 1.82) is 0 Å². The minimum atomic E-state index is -0.255. The molecule has 0 amide bonds. The van der Waals surface area contributed by atoms with Gasteiger partial charge in [0.05, 0.1) is 15.7 Å². The van der Waals surface area contributed by atoms with E-state index >= 15 is 0 Å². The molecular weight excluding hydrogens is 384 g/mol. The summed E-state index contributed by atoms with van der Waals surface area (Å²) in [6, 6.07) is 11.7. The molecule has 0 saturated heterocycles. The standard InChI is InChI=1S/C17H14Cl2FN3OS/c1-24-9-16-21-22-17(25-10-11-2-4-12(20)5-3-11)23(16)13-6-7-14(18)15(19)8-13/h2-8H,9-10H2,1H3. The molecule has 25 heavy (non-hydrogen) atoms. The molecular formula is C17H14Cl2FN3OS. The van der Waals surface area contributed by atoms with E-state index in [1.54, 1.807) is 31.4 Å². The number of benzene rings is 2. The molecule has 0 aliphatic rings. The summed E-state index contributed by atoms with van der Waals surface area (Å²) in [5.74, 6) is 1.03. The zero-order chi connectivity index (χ0) is 17.8. The van der Waals surface area contributed by atoms with Gasteiger partial charge >= 0.3 is 0 Å². The predicted octanol–water partition coefficient (Wildman–Crippen LogP) is 5.15. The van der Waals surface area contributed by atoms with Gasteiger partial charge in [-0.3, -0.25) is 4.57 Å². The lowest BCUT2D eigenvalue weighted by Crippen LogP contribution is -2.04. The Morgan fingerprint density at radius 3 is 2.52 bits per heavy atom. The molecule has 2 aromatic carbocycles. The van der Waals surface area contributed by atoms with Crippen LogP contribution in [0.2, 0.25) is 10.0 Å². The Balaban J connectivity index is 1.90. The number of methoxy groups -OCH3 is 1. The van der Waals surface area contributed by atoms with E-state index in [4.69, 9.17) is 27.9 Å². The fourth-order valence-corrected chi connectivity index (χ4v) is 3.45. The minimum Gasteiger partial charge on any atom is -0.377 e. The van der Waals surface area contributed by atoms with Crippen LogP contribution in [0, 0.1) is 5.82 Å². The van der Waals surface area contributed by atoms with Gasteiger partial charge in [-0.25, -0.2) is 4.39 Å². The Bertz CT molecular complexity index is 871. The van der Waals surface area contributed by atoms with Crippen LogP contribution in [0.1, 0.15) is 11.4 Å². The van der Waals surface area contributed by atoms with Gasteiger partial charge in [-0.05, 0) is 35.9 Å². The molecule has 1 heterocycles. The zero-order valence-electron chi connectivity index (χ0n) is 13.2. The summed E-state index contributed by atoms with van der Waals surface area (Å²) >= 11 is 13.6. The van der Waals surface area contributed by atoms with Gasteiger partial charge in [-0.2, -0.15) is 0 Å². The van der Waals surface area contributed by atoms with Crippen LogP contribution in [0.15, 0.2) is 47.6 Å². The highest BCUT2D eigenvalue weighted by Crippen LogP contribution is 2.29. The molecule has 4 nitrogen and oxygen atoms in total. The lowest BCUT2D eigenvalue weighted by Gasteiger charge is -2.11. The van der Waals surface area contributed by atoms with E-state index in [2.05, 4.69) is 10.2 Å². The summed E-state index contributed by atoms with van der Waals surface area (Å²) < 4.78 is 20.1. The van der Waals surface area contributed by atoms with E-state index in [1.165, 1.54) is 23.9 Å². The van der Waals surface area contributed by atoms with E-state index in [1.807, 2.05) is 10.6 Å². The normalized spacial score (nSPS) is 11.0. The lowest BCUT2D eigenvalue weighted by molar-refractivity contribution is 0.176. The topological polar surface area (TPSA) is 39.9 Å². The Morgan fingerprint density at radius 1 is 1.08 bits per heavy atom. The lowest BCUT2D eigenvalue weighted by atomic mass is 10.2. The zero-order valence-corrected chi connectivity index (χ0v) is 15.6. The molecule has 0 fully saturated rings. The molecule has 0 N–H and O–H groups in total. The molecule has 0 saturated carbocycles. The van der Waals surface area contributed by atoms with Crippen molar-refractivity contribution in [3.8, 4) is 5.69 Å². The highest BCUT2D eigenvalue weighted by molar-refractivity contribution is 7.98. The van der Waals surface area contributed by atoms with E-state index < -0.39 is 0 Å². The second-order valence-electron chi connectivity index (χ2n) is 5.18. The fraction of sp³-hybridized carbons (Fsp3) is 0.176. The number of ether oxygens (including phenoxy) is 1. The summed E-state index contributed by atoms with van der Waals surface area (Å²) in [6.45, 7) is 0.310. The smallest absolute Gasteiger partial charge is 0.196 e. The highest BCUT2D eigenvalue weighted by Gasteiger charge is 2.15. The SMILES string of the molecule is COCc1nnc(SCc2ccc(F)cc2)n1-c1ccc(Cl)c(Cl)c1. The molecule has 0 spiro atoms. The summed E-state index contributed by atoms with van der Waals surface area (Å²) in [4.78, 5) is 0. The first-order valence-electron chi connectivity index (χ1n) is 7.34. The molecule has 0 radical (unpaired) electrons. The number of thioether (sulfide) groups is 1. The number of aromatic nitrogens is 3. The Morgan fingerprint density at radius 2 is 1.84 bits per heavy atom. The quantitative estimate of drug-likeness (QED) is 0.539. The summed E-state index contributed by atoms with van der Waals surface area (Å²) in [5.41, 5.74) is 1.79. The van der Waals surface area contributed by atoms with Crippen LogP contribution in [-0.2, 0) is 17.1 Å². The maximum absolute atomic E-state index is 13.0. The van der Waals surface area contributed by atoms with Crippen LogP contribution in [0.3, 0.4) is 0 Å². The maximum atomic E-state index is 13.0. The monoisotopic (exact) mass is 397 g/mol. The molecule has 0 atom stereocenters. The van der Waals surface area contributed by atoms with Crippen LogP contribution >= 0.6 is 35.0 Å². The first-order valence-corrected chi connectivity index (χ1v) is 9.08. The van der Waals surface area contributed by atoms with Gasteiger partial charge in [0.1, 0.15) is 12.4 Å². The van der Waals surface area contributed by atoms with Crippen molar-refractivity contribution in [2.75, 3.05) is 7.11 Å². The van der Waals surface area contributed by atoms with Crippen molar-refractivity contribution in [3.05, 3.63) is 69.7 Å². The van der Waals surface area contributed by atoms with Crippen LogP contribution in [0.25, 0.3) is 5.69 Å². The summed E-state index contributed by atoms with van der Waals surface area (Å²) in [6.07, 6.45) is 0. The Labute approximate surface area is 158 Å². The van der Waals surface area contributed by atoms with Crippen LogP contribution < -0.4 is 0 Å². The molecule has 3 aromatic rings. The van der Waals surface area contributed by atoms with E-state index in [-0.39, 0.29) is 5.82 Å². The van der Waals surface area contributed by atoms with Crippen LogP contribution in [-0.4, -0.2) is 21.9 Å². The second kappa shape index (κ2) is 8.19. The highest BCUT2D eigenvalue weighted by atomic mass is 35.5. The number of rotatable bonds is 6. The third-order valence-corrected chi connectivity index (χ3v) is 5.16. The third-order valence-electron chi connectivity index (χ3n) is 3.42. The molecule has 130 valence electrons. The van der Waals surface area contributed by atoms with E-state index in [9.17, 15) is 4.39 Å². The first kappa shape index (κ1) is 18.2. The van der Waals surface area contributed by atoms with Gasteiger partial charge < -0.3 is 4.74 Å². The van der Waals surface area contributed by atoms with E-state index in [0.29, 0.717) is 33.4 Å². The average molecular weight is 398 g/mol. The summed E-state index contributed by atoms with van der Waals surface area (Å²) in [5, 5.41) is 10.1. The van der Waals surface area contributed by atoms with Crippen molar-refractivity contribution in [1.82, 2.24) is 14.8 Å². The molecule has 0 unspecified atom stereocenters. The van der Waals surface area contributed by atoms with Crippen molar-refractivity contribution >= 4 is 35.0 Å². The van der Waals surface area contributed by atoms with Crippen LogP contribution in [0.5, 0.6) is 0 Å². The predicted molar refractivity (Wildman–Crippen MR) is 98.1 cm³/mol. The number of nitrogens with zero attached hydrogens (tertiary/aromatic N) is 3. The van der Waals surface area contributed by atoms with Gasteiger partial charge in [0.15, 0.2) is 11.0 Å². The Hall–Kier alpha value is -1.60. The van der Waals surface area contributed by atoms with Gasteiger partial charge in [0.25, 0.3) is 0 Å². The van der Waals surface area contributed by atoms with Crippen LogP contribution in [0.4, 0.5) is 4.39 Å². The fourth-order valence-electron chi connectivity index (χ4n) is 2.23. The van der Waals surface area contributed by atoms with Gasteiger partial charge in [0, 0.05) is 12.9 Å².